The third kappa shape index (κ3) is 4.58. The second kappa shape index (κ2) is 9.64. The van der Waals surface area contributed by atoms with Gasteiger partial charge >= 0.3 is 0 Å². The summed E-state index contributed by atoms with van der Waals surface area (Å²) in [4.78, 5) is 5.20. The van der Waals surface area contributed by atoms with Gasteiger partial charge in [-0.25, -0.2) is 0 Å². The van der Waals surface area contributed by atoms with E-state index in [9.17, 15) is 0 Å². The lowest BCUT2D eigenvalue weighted by Gasteiger charge is -2.45. The van der Waals surface area contributed by atoms with E-state index in [1.165, 1.54) is 39.1 Å². The van der Waals surface area contributed by atoms with E-state index >= 15 is 0 Å². The Balaban J connectivity index is 1.35. The summed E-state index contributed by atoms with van der Waals surface area (Å²) in [5, 5.41) is 0. The van der Waals surface area contributed by atoms with Crippen LogP contribution in [0.5, 0.6) is 0 Å². The van der Waals surface area contributed by atoms with Gasteiger partial charge in [0, 0.05) is 30.4 Å². The molecule has 2 nitrogen and oxygen atoms in total. The molecule has 2 heteroatoms. The first-order chi connectivity index (χ1) is 16.2. The van der Waals surface area contributed by atoms with Gasteiger partial charge in [0.05, 0.1) is 6.67 Å². The van der Waals surface area contributed by atoms with Crippen LogP contribution in [-0.2, 0) is 0 Å². The Kier molecular flexibility index (Phi) is 6.28. The van der Waals surface area contributed by atoms with Crippen LogP contribution in [0.4, 0.5) is 5.69 Å². The quantitative estimate of drug-likeness (QED) is 0.365. The molecule has 1 atom stereocenters. The lowest BCUT2D eigenvalue weighted by atomic mass is 9.87. The summed E-state index contributed by atoms with van der Waals surface area (Å²) in [6.07, 6.45) is 7.64. The van der Waals surface area contributed by atoms with Crippen molar-refractivity contribution >= 4 is 22.9 Å². The average molecular weight is 433 g/mol. The van der Waals surface area contributed by atoms with E-state index < -0.39 is 0 Å². The molecule has 0 fully saturated rings. The maximum atomic E-state index is 4.38. The van der Waals surface area contributed by atoms with Crippen molar-refractivity contribution in [1.82, 2.24) is 4.90 Å². The fourth-order valence-corrected chi connectivity index (χ4v) is 5.12. The van der Waals surface area contributed by atoms with E-state index in [0.29, 0.717) is 6.04 Å². The van der Waals surface area contributed by atoms with Crippen LogP contribution in [0.2, 0.25) is 0 Å². The van der Waals surface area contributed by atoms with Gasteiger partial charge in [-0.2, -0.15) is 0 Å². The van der Waals surface area contributed by atoms with Gasteiger partial charge in [-0.1, -0.05) is 98.1 Å². The minimum absolute atomic E-state index is 0.443. The monoisotopic (exact) mass is 432 g/mol. The van der Waals surface area contributed by atoms with E-state index in [2.05, 4.69) is 114 Å². The molecule has 0 N–H and O–H groups in total. The van der Waals surface area contributed by atoms with Crippen molar-refractivity contribution in [1.29, 1.82) is 0 Å². The van der Waals surface area contributed by atoms with Crippen molar-refractivity contribution in [3.63, 3.8) is 0 Å². The summed E-state index contributed by atoms with van der Waals surface area (Å²) in [6, 6.07) is 28.3. The molecule has 0 bridgehead atoms. The highest BCUT2D eigenvalue weighted by atomic mass is 15.3. The predicted octanol–water partition coefficient (Wildman–Crippen LogP) is 7.43. The molecule has 166 valence electrons. The topological polar surface area (TPSA) is 6.48 Å². The number of rotatable bonds is 8. The summed E-state index contributed by atoms with van der Waals surface area (Å²) in [7, 11) is 0. The molecule has 5 rings (SSSR count). The van der Waals surface area contributed by atoms with Crippen LogP contribution in [0.15, 0.2) is 98.1 Å². The van der Waals surface area contributed by atoms with Crippen molar-refractivity contribution in [2.75, 3.05) is 24.7 Å². The van der Waals surface area contributed by atoms with Crippen LogP contribution in [0, 0.1) is 0 Å². The lowest BCUT2D eigenvalue weighted by Crippen LogP contribution is -2.46. The van der Waals surface area contributed by atoms with Crippen LogP contribution >= 0.6 is 0 Å². The number of hydrogen-bond acceptors (Lipinski definition) is 2. The number of hydrogen-bond donors (Lipinski definition) is 0. The fourth-order valence-electron chi connectivity index (χ4n) is 5.12. The molecule has 1 aliphatic carbocycles. The smallest absolute Gasteiger partial charge is 0.0712 e. The summed E-state index contributed by atoms with van der Waals surface area (Å²) in [5.41, 5.74) is 9.14. The van der Waals surface area contributed by atoms with Crippen molar-refractivity contribution in [2.24, 2.45) is 0 Å². The van der Waals surface area contributed by atoms with Crippen molar-refractivity contribution in [3.05, 3.63) is 120 Å². The maximum Gasteiger partial charge on any atom is 0.0712 e. The molecule has 0 spiro atoms. The standard InChI is InChI=1S/C31H32N2/c1-24(26-11-5-3-6-12-26)19-21-32-23-33(22-20-25(2)27-13-7-4-8-14-27)30-18-10-16-28-15-9-17-29(32)31(28)30/h3-17,30H,1-2,18-23H2. The van der Waals surface area contributed by atoms with Gasteiger partial charge < -0.3 is 4.90 Å². The molecule has 2 aliphatic rings. The van der Waals surface area contributed by atoms with Gasteiger partial charge in [-0.3, -0.25) is 4.90 Å². The first-order valence-corrected chi connectivity index (χ1v) is 12.0. The number of benzene rings is 3. The van der Waals surface area contributed by atoms with Crippen LogP contribution < -0.4 is 4.90 Å². The zero-order valence-corrected chi connectivity index (χ0v) is 19.3. The molecule has 3 aromatic rings. The van der Waals surface area contributed by atoms with E-state index in [0.717, 1.165) is 39.0 Å². The molecular formula is C31H32N2. The SMILES string of the molecule is C=C(CCN1CN(CCC(=C)c2ccccc2)C2CC=Cc3cccc1c32)c1ccccc1. The second-order valence-electron chi connectivity index (χ2n) is 9.09. The molecule has 0 aromatic heterocycles. The van der Waals surface area contributed by atoms with Gasteiger partial charge in [-0.15, -0.1) is 0 Å². The maximum absolute atomic E-state index is 4.38. The van der Waals surface area contributed by atoms with E-state index in [-0.39, 0.29) is 0 Å². The third-order valence-corrected chi connectivity index (χ3v) is 6.99. The molecule has 1 unspecified atom stereocenters. The minimum Gasteiger partial charge on any atom is -0.358 e. The van der Waals surface area contributed by atoms with E-state index in [1.807, 2.05) is 0 Å². The molecule has 1 aliphatic heterocycles. The van der Waals surface area contributed by atoms with Gasteiger partial charge in [0.1, 0.15) is 0 Å². The Hall–Kier alpha value is -3.36. The Morgan fingerprint density at radius 1 is 0.758 bits per heavy atom. The Morgan fingerprint density at radius 2 is 1.39 bits per heavy atom. The molecule has 0 saturated heterocycles. The van der Waals surface area contributed by atoms with Crippen LogP contribution in [0.25, 0.3) is 17.2 Å². The molecular weight excluding hydrogens is 400 g/mol. The third-order valence-electron chi connectivity index (χ3n) is 6.99. The van der Waals surface area contributed by atoms with Gasteiger partial charge in [-0.05, 0) is 53.2 Å². The van der Waals surface area contributed by atoms with Crippen molar-refractivity contribution < 1.29 is 0 Å². The number of nitrogens with zero attached hydrogens (tertiary/aromatic N) is 2. The van der Waals surface area contributed by atoms with E-state index in [4.69, 9.17) is 0 Å². The fraction of sp³-hybridized carbons (Fsp3) is 0.226. The average Bonchev–Trinajstić information content (AvgIpc) is 2.88. The van der Waals surface area contributed by atoms with Crippen LogP contribution in [-0.4, -0.2) is 24.7 Å². The van der Waals surface area contributed by atoms with Gasteiger partial charge in [0.2, 0.25) is 0 Å². The van der Waals surface area contributed by atoms with Crippen LogP contribution in [0.3, 0.4) is 0 Å². The van der Waals surface area contributed by atoms with E-state index in [1.54, 1.807) is 0 Å². The Labute approximate surface area is 198 Å². The zero-order chi connectivity index (χ0) is 22.6. The highest BCUT2D eigenvalue weighted by Gasteiger charge is 2.33. The molecule has 1 heterocycles. The molecule has 0 amide bonds. The Morgan fingerprint density at radius 3 is 2.06 bits per heavy atom. The van der Waals surface area contributed by atoms with Crippen molar-refractivity contribution in [2.45, 2.75) is 25.3 Å². The number of anilines is 1. The van der Waals surface area contributed by atoms with Gasteiger partial charge in [0.15, 0.2) is 0 Å². The summed E-state index contributed by atoms with van der Waals surface area (Å²) >= 11 is 0. The van der Waals surface area contributed by atoms with Crippen LogP contribution in [0.1, 0.15) is 47.6 Å². The predicted molar refractivity (Wildman–Crippen MR) is 142 cm³/mol. The minimum atomic E-state index is 0.443. The highest BCUT2D eigenvalue weighted by Crippen LogP contribution is 2.43. The Bertz CT molecular complexity index is 1160. The summed E-state index contributed by atoms with van der Waals surface area (Å²) < 4.78 is 0. The molecule has 0 radical (unpaired) electrons. The zero-order valence-electron chi connectivity index (χ0n) is 19.3. The molecule has 0 saturated carbocycles. The molecule has 3 aromatic carbocycles. The summed E-state index contributed by atoms with van der Waals surface area (Å²) in [5.74, 6) is 0. The van der Waals surface area contributed by atoms with Crippen molar-refractivity contribution in [3.8, 4) is 0 Å². The first-order valence-electron chi connectivity index (χ1n) is 12.0. The summed E-state index contributed by atoms with van der Waals surface area (Å²) in [6.45, 7) is 11.7. The van der Waals surface area contributed by atoms with Gasteiger partial charge in [0.25, 0.3) is 0 Å². The largest absolute Gasteiger partial charge is 0.358 e. The molecule has 33 heavy (non-hydrogen) atoms. The lowest BCUT2D eigenvalue weighted by molar-refractivity contribution is 0.189. The highest BCUT2D eigenvalue weighted by molar-refractivity contribution is 5.71. The second-order valence-corrected chi connectivity index (χ2v) is 9.09. The normalized spacial score (nSPS) is 17.0. The first kappa shape index (κ1) is 21.5.